The van der Waals surface area contributed by atoms with Crippen LogP contribution in [0.25, 0.3) is 0 Å². The van der Waals surface area contributed by atoms with Crippen molar-refractivity contribution in [2.24, 2.45) is 0 Å². The maximum atomic E-state index is 12.2. The van der Waals surface area contributed by atoms with Crippen LogP contribution in [0.3, 0.4) is 0 Å². The summed E-state index contributed by atoms with van der Waals surface area (Å²) in [7, 11) is -3.55. The highest BCUT2D eigenvalue weighted by Gasteiger charge is 2.21. The van der Waals surface area contributed by atoms with E-state index in [9.17, 15) is 8.42 Å². The predicted molar refractivity (Wildman–Crippen MR) is 72.0 cm³/mol. The molecule has 0 aromatic heterocycles. The number of benzene rings is 1. The van der Waals surface area contributed by atoms with Gasteiger partial charge in [-0.2, -0.15) is 5.26 Å². The maximum Gasteiger partial charge on any atom is 0.240 e. The Morgan fingerprint density at radius 1 is 1.37 bits per heavy atom. The van der Waals surface area contributed by atoms with Crippen LogP contribution in [0.15, 0.2) is 29.2 Å². The van der Waals surface area contributed by atoms with Crippen molar-refractivity contribution in [3.63, 3.8) is 0 Å². The minimum Gasteiger partial charge on any atom is -0.315 e. The van der Waals surface area contributed by atoms with Crippen LogP contribution in [-0.4, -0.2) is 27.5 Å². The third kappa shape index (κ3) is 3.77. The number of nitrogens with one attached hydrogen (secondary N) is 2. The molecule has 5 nitrogen and oxygen atoms in total. The molecule has 1 aromatic carbocycles. The SMILES string of the molecule is N#Cc1cccc(S(=O)(=O)NC2CCCCNC2)c1. The summed E-state index contributed by atoms with van der Waals surface area (Å²) in [5.41, 5.74) is 0.349. The van der Waals surface area contributed by atoms with Crippen molar-refractivity contribution in [1.29, 1.82) is 5.26 Å². The van der Waals surface area contributed by atoms with Crippen LogP contribution in [0.1, 0.15) is 24.8 Å². The summed E-state index contributed by atoms with van der Waals surface area (Å²) in [4.78, 5) is 0.149. The van der Waals surface area contributed by atoms with Gasteiger partial charge in [-0.25, -0.2) is 13.1 Å². The molecule has 6 heteroatoms. The Morgan fingerprint density at radius 2 is 2.21 bits per heavy atom. The van der Waals surface area contributed by atoms with Crippen LogP contribution in [0.2, 0.25) is 0 Å². The van der Waals surface area contributed by atoms with Gasteiger partial charge in [0, 0.05) is 12.6 Å². The van der Waals surface area contributed by atoms with Gasteiger partial charge in [0.1, 0.15) is 0 Å². The molecular weight excluding hydrogens is 262 g/mol. The number of sulfonamides is 1. The van der Waals surface area contributed by atoms with Crippen LogP contribution >= 0.6 is 0 Å². The van der Waals surface area contributed by atoms with E-state index in [-0.39, 0.29) is 10.9 Å². The van der Waals surface area contributed by atoms with Gasteiger partial charge in [0.15, 0.2) is 0 Å². The Kier molecular flexibility index (Phi) is 4.53. The molecule has 0 spiro atoms. The molecule has 1 aliphatic rings. The molecule has 2 rings (SSSR count). The zero-order valence-corrected chi connectivity index (χ0v) is 11.4. The fourth-order valence-electron chi connectivity index (χ4n) is 2.14. The molecule has 1 aromatic rings. The number of nitriles is 1. The van der Waals surface area contributed by atoms with Crippen molar-refractivity contribution < 1.29 is 8.42 Å². The molecule has 0 aliphatic carbocycles. The fraction of sp³-hybridized carbons (Fsp3) is 0.462. The number of hydrogen-bond donors (Lipinski definition) is 2. The average Bonchev–Trinajstić information content (AvgIpc) is 2.67. The van der Waals surface area contributed by atoms with E-state index in [4.69, 9.17) is 5.26 Å². The average molecular weight is 279 g/mol. The maximum absolute atomic E-state index is 12.2. The Hall–Kier alpha value is -1.42. The van der Waals surface area contributed by atoms with Gasteiger partial charge in [0.2, 0.25) is 10.0 Å². The molecule has 1 saturated heterocycles. The first-order chi connectivity index (χ1) is 9.12. The van der Waals surface area contributed by atoms with E-state index in [1.165, 1.54) is 12.1 Å². The van der Waals surface area contributed by atoms with Crippen LogP contribution in [0, 0.1) is 11.3 Å². The zero-order chi connectivity index (χ0) is 13.7. The summed E-state index contributed by atoms with van der Waals surface area (Å²) in [6, 6.07) is 7.94. The van der Waals surface area contributed by atoms with Crippen molar-refractivity contribution in [2.45, 2.75) is 30.2 Å². The lowest BCUT2D eigenvalue weighted by atomic mass is 10.2. The number of rotatable bonds is 3. The van der Waals surface area contributed by atoms with Crippen molar-refractivity contribution in [2.75, 3.05) is 13.1 Å². The van der Waals surface area contributed by atoms with Gasteiger partial charge in [0.25, 0.3) is 0 Å². The highest BCUT2D eigenvalue weighted by atomic mass is 32.2. The van der Waals surface area contributed by atoms with Crippen molar-refractivity contribution >= 4 is 10.0 Å². The quantitative estimate of drug-likeness (QED) is 0.864. The molecule has 0 bridgehead atoms. The van der Waals surface area contributed by atoms with Crippen LogP contribution in [0.4, 0.5) is 0 Å². The van der Waals surface area contributed by atoms with Gasteiger partial charge < -0.3 is 5.32 Å². The van der Waals surface area contributed by atoms with Crippen molar-refractivity contribution in [3.8, 4) is 6.07 Å². The molecule has 1 atom stereocenters. The molecule has 102 valence electrons. The summed E-state index contributed by atoms with van der Waals surface area (Å²) in [6.45, 7) is 1.58. The summed E-state index contributed by atoms with van der Waals surface area (Å²) >= 11 is 0. The second-order valence-electron chi connectivity index (χ2n) is 4.66. The van der Waals surface area contributed by atoms with Gasteiger partial charge in [-0.3, -0.25) is 0 Å². The lowest BCUT2D eigenvalue weighted by molar-refractivity contribution is 0.521. The van der Waals surface area contributed by atoms with Gasteiger partial charge in [-0.15, -0.1) is 0 Å². The highest BCUT2D eigenvalue weighted by Crippen LogP contribution is 2.13. The molecule has 0 radical (unpaired) electrons. The van der Waals surface area contributed by atoms with E-state index in [2.05, 4.69) is 10.0 Å². The largest absolute Gasteiger partial charge is 0.315 e. The van der Waals surface area contributed by atoms with Gasteiger partial charge in [-0.05, 0) is 37.6 Å². The van der Waals surface area contributed by atoms with Crippen LogP contribution in [-0.2, 0) is 10.0 Å². The first kappa shape index (κ1) is 14.0. The smallest absolute Gasteiger partial charge is 0.240 e. The number of hydrogen-bond acceptors (Lipinski definition) is 4. The monoisotopic (exact) mass is 279 g/mol. The third-order valence-corrected chi connectivity index (χ3v) is 4.66. The minimum atomic E-state index is -3.55. The van der Waals surface area contributed by atoms with E-state index >= 15 is 0 Å². The van der Waals surface area contributed by atoms with Crippen molar-refractivity contribution in [3.05, 3.63) is 29.8 Å². The second-order valence-corrected chi connectivity index (χ2v) is 6.37. The molecule has 19 heavy (non-hydrogen) atoms. The minimum absolute atomic E-state index is 0.0850. The molecule has 0 saturated carbocycles. The molecule has 1 heterocycles. The van der Waals surface area contributed by atoms with Gasteiger partial charge >= 0.3 is 0 Å². The van der Waals surface area contributed by atoms with E-state index in [1.54, 1.807) is 12.1 Å². The zero-order valence-electron chi connectivity index (χ0n) is 10.6. The lowest BCUT2D eigenvalue weighted by Gasteiger charge is -2.16. The highest BCUT2D eigenvalue weighted by molar-refractivity contribution is 7.89. The van der Waals surface area contributed by atoms with E-state index < -0.39 is 10.0 Å². The van der Waals surface area contributed by atoms with E-state index in [1.807, 2.05) is 6.07 Å². The summed E-state index contributed by atoms with van der Waals surface area (Å²) in [5, 5.41) is 12.0. The first-order valence-corrected chi connectivity index (χ1v) is 7.83. The second kappa shape index (κ2) is 6.15. The Bertz CT molecular complexity index is 570. The summed E-state index contributed by atoms with van der Waals surface area (Å²) < 4.78 is 27.2. The van der Waals surface area contributed by atoms with Crippen molar-refractivity contribution in [1.82, 2.24) is 10.0 Å². The van der Waals surface area contributed by atoms with E-state index in [0.29, 0.717) is 12.1 Å². The normalized spacial score (nSPS) is 20.5. The first-order valence-electron chi connectivity index (χ1n) is 6.35. The Morgan fingerprint density at radius 3 is 3.00 bits per heavy atom. The van der Waals surface area contributed by atoms with Crippen LogP contribution in [0.5, 0.6) is 0 Å². The molecule has 1 unspecified atom stereocenters. The van der Waals surface area contributed by atoms with Gasteiger partial charge in [-0.1, -0.05) is 12.5 Å². The molecule has 2 N–H and O–H groups in total. The molecule has 1 fully saturated rings. The molecule has 0 amide bonds. The topological polar surface area (TPSA) is 82.0 Å². The third-order valence-electron chi connectivity index (χ3n) is 3.14. The predicted octanol–water partition coefficient (Wildman–Crippen LogP) is 0.979. The summed E-state index contributed by atoms with van der Waals surface area (Å²) in [5.74, 6) is 0. The molecule has 1 aliphatic heterocycles. The Balaban J connectivity index is 2.15. The van der Waals surface area contributed by atoms with Crippen LogP contribution < -0.4 is 10.0 Å². The van der Waals surface area contributed by atoms with E-state index in [0.717, 1.165) is 25.8 Å². The standard InChI is InChI=1S/C13H17N3O2S/c14-9-11-4-3-6-13(8-11)19(17,18)16-12-5-1-2-7-15-10-12/h3-4,6,8,12,15-16H,1-2,5,7,10H2. The Labute approximate surface area is 113 Å². The number of nitrogens with zero attached hydrogens (tertiary/aromatic N) is 1. The summed E-state index contributed by atoms with van der Waals surface area (Å²) in [6.07, 6.45) is 2.92. The lowest BCUT2D eigenvalue weighted by Crippen LogP contribution is -2.40. The van der Waals surface area contributed by atoms with Gasteiger partial charge in [0.05, 0.1) is 16.5 Å². The molecular formula is C13H17N3O2S. The fourth-order valence-corrected chi connectivity index (χ4v) is 3.46.